The molecule has 0 radical (unpaired) electrons. The number of carboxylic acids is 1. The van der Waals surface area contributed by atoms with E-state index in [0.717, 1.165) is 16.8 Å². The number of carboxylic acid groups (broad SMARTS) is 1. The molecular weight excluding hydrogens is 448 g/mol. The number of hydrogen-bond donors (Lipinski definition) is 2. The molecule has 2 amide bonds. The van der Waals surface area contributed by atoms with Crippen LogP contribution in [0.3, 0.4) is 0 Å². The fourth-order valence-corrected chi connectivity index (χ4v) is 6.80. The zero-order valence-electron chi connectivity index (χ0n) is 21.2. The summed E-state index contributed by atoms with van der Waals surface area (Å²) in [5.41, 5.74) is 0.262. The van der Waals surface area contributed by atoms with Gasteiger partial charge in [-0.15, -0.1) is 6.58 Å². The first-order valence-electron chi connectivity index (χ1n) is 12.3. The Hall–Kier alpha value is -2.71. The topological polar surface area (TPSA) is 107 Å². The molecule has 3 saturated heterocycles. The van der Waals surface area contributed by atoms with Crippen LogP contribution in [0.4, 0.5) is 5.69 Å². The van der Waals surface area contributed by atoms with E-state index in [1.165, 1.54) is 4.90 Å². The van der Waals surface area contributed by atoms with Gasteiger partial charge in [0.05, 0.1) is 30.1 Å². The number of aryl methyl sites for hydroxylation is 2. The highest BCUT2D eigenvalue weighted by Crippen LogP contribution is 2.63. The summed E-state index contributed by atoms with van der Waals surface area (Å²) >= 11 is 0. The molecule has 0 aromatic heterocycles. The maximum Gasteiger partial charge on any atom is 0.310 e. The van der Waals surface area contributed by atoms with Crippen molar-refractivity contribution in [3.8, 4) is 0 Å². The molecule has 8 heteroatoms. The Balaban J connectivity index is 1.91. The van der Waals surface area contributed by atoms with Gasteiger partial charge in [-0.1, -0.05) is 38.1 Å². The van der Waals surface area contributed by atoms with Crippen molar-refractivity contribution in [2.24, 2.45) is 17.8 Å². The van der Waals surface area contributed by atoms with Crippen LogP contribution in [0.25, 0.3) is 0 Å². The van der Waals surface area contributed by atoms with Crippen molar-refractivity contribution in [2.45, 2.75) is 70.7 Å². The molecule has 1 spiro atoms. The first kappa shape index (κ1) is 25.4. The molecule has 35 heavy (non-hydrogen) atoms. The van der Waals surface area contributed by atoms with Crippen LogP contribution in [0.15, 0.2) is 30.9 Å². The molecule has 2 bridgehead atoms. The molecule has 3 aliphatic rings. The summed E-state index contributed by atoms with van der Waals surface area (Å²) in [7, 11) is 0. The number of benzene rings is 1. The first-order valence-corrected chi connectivity index (χ1v) is 12.3. The Labute approximate surface area is 206 Å². The number of anilines is 1. The van der Waals surface area contributed by atoms with Gasteiger partial charge in [0, 0.05) is 12.2 Å². The molecule has 3 heterocycles. The average molecular weight is 485 g/mol. The van der Waals surface area contributed by atoms with E-state index in [-0.39, 0.29) is 25.0 Å². The Bertz CT molecular complexity index is 1050. The fourth-order valence-electron chi connectivity index (χ4n) is 6.80. The van der Waals surface area contributed by atoms with Crippen molar-refractivity contribution in [2.75, 3.05) is 18.1 Å². The summed E-state index contributed by atoms with van der Waals surface area (Å²) in [6.07, 6.45) is 2.49. The lowest BCUT2D eigenvalue weighted by Crippen LogP contribution is -2.60. The van der Waals surface area contributed by atoms with E-state index < -0.39 is 47.0 Å². The van der Waals surface area contributed by atoms with Gasteiger partial charge < -0.3 is 24.7 Å². The minimum absolute atomic E-state index is 0.154. The van der Waals surface area contributed by atoms with Gasteiger partial charge >= 0.3 is 5.97 Å². The molecular formula is C27H36N2O6. The number of ether oxygens (including phenoxy) is 1. The van der Waals surface area contributed by atoms with E-state index in [1.807, 2.05) is 45.9 Å². The van der Waals surface area contributed by atoms with Crippen LogP contribution in [-0.2, 0) is 19.1 Å². The summed E-state index contributed by atoms with van der Waals surface area (Å²) in [5.74, 6) is -4.05. The lowest BCUT2D eigenvalue weighted by Gasteiger charge is -2.41. The summed E-state index contributed by atoms with van der Waals surface area (Å²) in [6.45, 7) is 13.1. The number of aliphatic hydroxyl groups excluding tert-OH is 1. The number of aliphatic carboxylic acids is 1. The molecule has 0 aliphatic carbocycles. The van der Waals surface area contributed by atoms with Crippen molar-refractivity contribution >= 4 is 23.5 Å². The molecule has 8 nitrogen and oxygen atoms in total. The van der Waals surface area contributed by atoms with Gasteiger partial charge in [0.15, 0.2) is 0 Å². The van der Waals surface area contributed by atoms with Gasteiger partial charge in [-0.25, -0.2) is 0 Å². The first-order chi connectivity index (χ1) is 16.4. The Morgan fingerprint density at radius 2 is 1.91 bits per heavy atom. The van der Waals surface area contributed by atoms with E-state index in [1.54, 1.807) is 17.9 Å². The molecule has 1 aromatic rings. The zero-order valence-corrected chi connectivity index (χ0v) is 21.2. The van der Waals surface area contributed by atoms with Crippen LogP contribution in [0.2, 0.25) is 0 Å². The molecule has 2 unspecified atom stereocenters. The van der Waals surface area contributed by atoms with Crippen LogP contribution in [0.5, 0.6) is 0 Å². The van der Waals surface area contributed by atoms with Crippen molar-refractivity contribution in [3.63, 3.8) is 0 Å². The lowest BCUT2D eigenvalue weighted by molar-refractivity contribution is -0.156. The number of likely N-dealkylation sites (tertiary alicyclic amines) is 1. The SMILES string of the molecule is C=CCN(C(=O)C1N([C@@H](CO)C(C)C)C(=O)[C@@H]2[C@H](C(=O)O)[C@]3(C)CCC12O3)c1c(C)cccc1C. The number of carbonyl (C=O) groups excluding carboxylic acids is 2. The summed E-state index contributed by atoms with van der Waals surface area (Å²) in [4.78, 5) is 44.0. The summed E-state index contributed by atoms with van der Waals surface area (Å²) in [5, 5.41) is 20.4. The molecule has 4 rings (SSSR count). The predicted molar refractivity (Wildman–Crippen MR) is 131 cm³/mol. The lowest BCUT2D eigenvalue weighted by atomic mass is 9.66. The van der Waals surface area contributed by atoms with Gasteiger partial charge in [-0.2, -0.15) is 0 Å². The highest BCUT2D eigenvalue weighted by atomic mass is 16.5. The van der Waals surface area contributed by atoms with Crippen LogP contribution in [-0.4, -0.2) is 69.3 Å². The summed E-state index contributed by atoms with van der Waals surface area (Å²) in [6, 6.07) is 4.07. The van der Waals surface area contributed by atoms with Gasteiger partial charge in [-0.3, -0.25) is 14.4 Å². The van der Waals surface area contributed by atoms with E-state index in [9.17, 15) is 24.6 Å². The third-order valence-corrected chi connectivity index (χ3v) is 8.32. The third kappa shape index (κ3) is 3.52. The van der Waals surface area contributed by atoms with Crippen LogP contribution < -0.4 is 4.90 Å². The van der Waals surface area contributed by atoms with Crippen molar-refractivity contribution in [3.05, 3.63) is 42.0 Å². The maximum absolute atomic E-state index is 14.5. The predicted octanol–water partition coefficient (Wildman–Crippen LogP) is 2.69. The normalized spacial score (nSPS) is 32.1. The minimum atomic E-state index is -1.26. The van der Waals surface area contributed by atoms with Crippen LogP contribution in [0.1, 0.15) is 44.7 Å². The second-order valence-corrected chi connectivity index (χ2v) is 10.8. The molecule has 2 N–H and O–H groups in total. The maximum atomic E-state index is 14.5. The number of para-hydroxylation sites is 1. The van der Waals surface area contributed by atoms with Crippen molar-refractivity contribution in [1.82, 2.24) is 4.90 Å². The largest absolute Gasteiger partial charge is 0.481 e. The zero-order chi connectivity index (χ0) is 25.9. The minimum Gasteiger partial charge on any atom is -0.481 e. The third-order valence-electron chi connectivity index (χ3n) is 8.32. The average Bonchev–Trinajstić information content (AvgIpc) is 3.34. The number of rotatable bonds is 8. The van der Waals surface area contributed by atoms with Crippen molar-refractivity contribution < 1.29 is 29.3 Å². The summed E-state index contributed by atoms with van der Waals surface area (Å²) < 4.78 is 6.48. The quantitative estimate of drug-likeness (QED) is 0.550. The van der Waals surface area contributed by atoms with E-state index >= 15 is 0 Å². The monoisotopic (exact) mass is 484 g/mol. The van der Waals surface area contributed by atoms with Crippen LogP contribution in [0, 0.1) is 31.6 Å². The van der Waals surface area contributed by atoms with E-state index in [0.29, 0.717) is 12.8 Å². The molecule has 190 valence electrons. The molecule has 3 aliphatic heterocycles. The smallest absolute Gasteiger partial charge is 0.310 e. The second-order valence-electron chi connectivity index (χ2n) is 10.8. The van der Waals surface area contributed by atoms with Gasteiger partial charge in [0.25, 0.3) is 5.91 Å². The standard InChI is InChI=1S/C27H36N2O6/c1-7-13-28(21-16(4)9-8-10-17(21)5)24(32)22-27-12-11-26(6,35-27)20(25(33)34)19(27)23(31)29(22)18(14-30)15(2)3/h7-10,15,18-20,22,30H,1,11-14H2,2-6H3,(H,33,34)/t18-,19-,20+,22?,26-,27?/m0/s1. The molecule has 6 atom stereocenters. The van der Waals surface area contributed by atoms with Crippen molar-refractivity contribution in [1.29, 1.82) is 0 Å². The highest BCUT2D eigenvalue weighted by Gasteiger charge is 2.79. The fraction of sp³-hybridized carbons (Fsp3) is 0.593. The van der Waals surface area contributed by atoms with E-state index in [4.69, 9.17) is 4.74 Å². The number of aliphatic hydroxyl groups is 1. The Kier molecular flexibility index (Phi) is 6.34. The molecule has 1 aromatic carbocycles. The van der Waals surface area contributed by atoms with Gasteiger partial charge in [0.2, 0.25) is 5.91 Å². The molecule has 0 saturated carbocycles. The number of hydrogen-bond acceptors (Lipinski definition) is 5. The highest BCUT2D eigenvalue weighted by molar-refractivity contribution is 6.05. The van der Waals surface area contributed by atoms with Gasteiger partial charge in [-0.05, 0) is 50.7 Å². The Morgan fingerprint density at radius 3 is 2.43 bits per heavy atom. The molecule has 3 fully saturated rings. The second kappa shape index (κ2) is 8.75. The number of amides is 2. The number of nitrogens with zero attached hydrogens (tertiary/aromatic N) is 2. The van der Waals surface area contributed by atoms with Crippen LogP contribution >= 0.6 is 0 Å². The van der Waals surface area contributed by atoms with E-state index in [2.05, 4.69) is 6.58 Å². The number of carbonyl (C=O) groups is 3. The Morgan fingerprint density at radius 1 is 1.29 bits per heavy atom. The number of fused-ring (bicyclic) bond motifs is 1. The van der Waals surface area contributed by atoms with Gasteiger partial charge in [0.1, 0.15) is 11.6 Å².